The number of aliphatic carboxylic acids is 1. The molecule has 3 unspecified atom stereocenters. The van der Waals surface area contributed by atoms with Gasteiger partial charge in [0.1, 0.15) is 6.61 Å². The van der Waals surface area contributed by atoms with Gasteiger partial charge in [-0.3, -0.25) is 20.0 Å². The molecule has 3 heterocycles. The van der Waals surface area contributed by atoms with E-state index in [-0.39, 0.29) is 36.4 Å². The van der Waals surface area contributed by atoms with E-state index in [0.717, 1.165) is 28.7 Å². The summed E-state index contributed by atoms with van der Waals surface area (Å²) in [5.41, 5.74) is 4.48. The van der Waals surface area contributed by atoms with Gasteiger partial charge in [0.2, 0.25) is 5.82 Å². The first kappa shape index (κ1) is 21.3. The number of fused-ring (bicyclic) bond motifs is 5. The summed E-state index contributed by atoms with van der Waals surface area (Å²) in [5, 5.41) is 18.3. The highest BCUT2D eigenvalue weighted by atomic mass is 16.5. The molecule has 1 aliphatic carbocycles. The van der Waals surface area contributed by atoms with Crippen LogP contribution in [0.3, 0.4) is 0 Å². The largest absolute Gasteiger partial charge is 0.481 e. The van der Waals surface area contributed by atoms with Crippen molar-refractivity contribution in [3.8, 4) is 11.1 Å². The van der Waals surface area contributed by atoms with Gasteiger partial charge >= 0.3 is 12.1 Å². The van der Waals surface area contributed by atoms with Gasteiger partial charge in [-0.1, -0.05) is 48.5 Å². The molecule has 3 atom stereocenters. The maximum absolute atomic E-state index is 13.0. The number of nitrogens with zero attached hydrogens (tertiary/aromatic N) is 3. The maximum Gasteiger partial charge on any atom is 0.414 e. The van der Waals surface area contributed by atoms with E-state index < -0.39 is 23.9 Å². The molecule has 10 heteroatoms. The number of anilines is 1. The summed E-state index contributed by atoms with van der Waals surface area (Å²) in [6.45, 7) is 0.143. The van der Waals surface area contributed by atoms with Gasteiger partial charge in [0.25, 0.3) is 11.9 Å². The Bertz CT molecular complexity index is 1290. The molecular weight excluding hydrogens is 450 g/mol. The van der Waals surface area contributed by atoms with Crippen molar-refractivity contribution in [1.82, 2.24) is 20.1 Å². The first-order valence-corrected chi connectivity index (χ1v) is 11.6. The van der Waals surface area contributed by atoms with Crippen molar-refractivity contribution in [2.75, 3.05) is 11.9 Å². The van der Waals surface area contributed by atoms with E-state index in [1.54, 1.807) is 4.90 Å². The van der Waals surface area contributed by atoms with Crippen LogP contribution in [-0.4, -0.2) is 61.8 Å². The molecule has 3 N–H and O–H groups in total. The van der Waals surface area contributed by atoms with Crippen LogP contribution in [0.4, 0.5) is 10.7 Å². The first-order chi connectivity index (χ1) is 17.0. The van der Waals surface area contributed by atoms with Gasteiger partial charge in [0.05, 0.1) is 5.92 Å². The molecule has 0 spiro atoms. The number of aromatic amines is 1. The predicted octanol–water partition coefficient (Wildman–Crippen LogP) is 3.24. The number of rotatable bonds is 5. The Kier molecular flexibility index (Phi) is 5.01. The zero-order chi connectivity index (χ0) is 24.1. The van der Waals surface area contributed by atoms with Crippen LogP contribution in [0.2, 0.25) is 0 Å². The molecule has 35 heavy (non-hydrogen) atoms. The quantitative estimate of drug-likeness (QED) is 0.517. The van der Waals surface area contributed by atoms with E-state index in [9.17, 15) is 19.5 Å². The lowest BCUT2D eigenvalue weighted by Gasteiger charge is -2.21. The lowest BCUT2D eigenvalue weighted by Crippen LogP contribution is -2.38. The molecular formula is C25H23N5O5. The molecule has 2 fully saturated rings. The third-order valence-electron chi connectivity index (χ3n) is 7.33. The minimum atomic E-state index is -0.884. The monoisotopic (exact) mass is 473 g/mol. The van der Waals surface area contributed by atoms with E-state index in [4.69, 9.17) is 4.74 Å². The smallest absolute Gasteiger partial charge is 0.414 e. The molecule has 0 saturated carbocycles. The van der Waals surface area contributed by atoms with Crippen LogP contribution in [0.15, 0.2) is 48.5 Å². The Morgan fingerprint density at radius 1 is 1.06 bits per heavy atom. The van der Waals surface area contributed by atoms with Crippen LogP contribution in [0, 0.1) is 5.92 Å². The second-order valence-electron chi connectivity index (χ2n) is 9.15. The zero-order valence-corrected chi connectivity index (χ0v) is 18.7. The predicted molar refractivity (Wildman–Crippen MR) is 124 cm³/mol. The standard InChI is InChI=1S/C25H23N5O5/c31-22(30-13-9-10-20(30)18(11-13)23(32)33)21-26-24(29-28-21)27-25(34)35-12-19-16-7-3-1-5-14(16)15-6-2-4-8-17(15)19/h1-8,13,18-20H,9-12H2,(H,32,33)(H2,26,27,28,29,34). The van der Waals surface area contributed by atoms with Crippen LogP contribution in [0.5, 0.6) is 0 Å². The molecule has 2 bridgehead atoms. The van der Waals surface area contributed by atoms with Gasteiger partial charge in [0.15, 0.2) is 0 Å². The van der Waals surface area contributed by atoms with Crippen molar-refractivity contribution < 1.29 is 24.2 Å². The van der Waals surface area contributed by atoms with Crippen molar-refractivity contribution in [2.24, 2.45) is 5.92 Å². The summed E-state index contributed by atoms with van der Waals surface area (Å²) in [6, 6.07) is 15.7. The lowest BCUT2D eigenvalue weighted by atomic mass is 9.89. The SMILES string of the molecule is O=C(Nc1n[nH]c(C(=O)N2C3CCC2C(C(=O)O)C3)n1)OCC1c2ccccc2-c2ccccc21. The normalized spacial score (nSPS) is 22.1. The highest BCUT2D eigenvalue weighted by Crippen LogP contribution is 2.45. The van der Waals surface area contributed by atoms with Gasteiger partial charge in [-0.15, -0.1) is 5.10 Å². The number of ether oxygens (including phenoxy) is 1. The maximum atomic E-state index is 13.0. The fourth-order valence-corrected chi connectivity index (χ4v) is 5.83. The highest BCUT2D eigenvalue weighted by Gasteiger charge is 2.52. The Labute approximate surface area is 200 Å². The third-order valence-corrected chi connectivity index (χ3v) is 7.33. The molecule has 0 radical (unpaired) electrons. The van der Waals surface area contributed by atoms with E-state index in [0.29, 0.717) is 12.8 Å². The van der Waals surface area contributed by atoms with Gasteiger partial charge < -0.3 is 14.7 Å². The number of benzene rings is 2. The van der Waals surface area contributed by atoms with Crippen molar-refractivity contribution in [2.45, 2.75) is 37.3 Å². The van der Waals surface area contributed by atoms with Crippen LogP contribution in [0.25, 0.3) is 11.1 Å². The van der Waals surface area contributed by atoms with E-state index in [1.165, 1.54) is 0 Å². The third kappa shape index (κ3) is 3.52. The van der Waals surface area contributed by atoms with Gasteiger partial charge in [-0.25, -0.2) is 4.79 Å². The zero-order valence-electron chi connectivity index (χ0n) is 18.7. The van der Waals surface area contributed by atoms with Crippen molar-refractivity contribution in [3.05, 3.63) is 65.5 Å². The van der Waals surface area contributed by atoms with Crippen molar-refractivity contribution >= 4 is 23.9 Å². The molecule has 2 aromatic carbocycles. The molecule has 2 saturated heterocycles. The van der Waals surface area contributed by atoms with Gasteiger partial charge in [0, 0.05) is 18.0 Å². The summed E-state index contributed by atoms with van der Waals surface area (Å²) in [4.78, 5) is 42.6. The number of amides is 2. The van der Waals surface area contributed by atoms with E-state index in [1.807, 2.05) is 36.4 Å². The summed E-state index contributed by atoms with van der Waals surface area (Å²) >= 11 is 0. The fraction of sp³-hybridized carbons (Fsp3) is 0.320. The fourth-order valence-electron chi connectivity index (χ4n) is 5.83. The second-order valence-corrected chi connectivity index (χ2v) is 9.15. The summed E-state index contributed by atoms with van der Waals surface area (Å²) in [6.07, 6.45) is 1.16. The van der Waals surface area contributed by atoms with Gasteiger partial charge in [-0.05, 0) is 41.5 Å². The highest BCUT2D eigenvalue weighted by molar-refractivity contribution is 5.93. The van der Waals surface area contributed by atoms with Crippen molar-refractivity contribution in [1.29, 1.82) is 0 Å². The number of carbonyl (C=O) groups excluding carboxylic acids is 2. The minimum Gasteiger partial charge on any atom is -0.481 e. The Morgan fingerprint density at radius 3 is 2.40 bits per heavy atom. The number of hydrogen-bond acceptors (Lipinski definition) is 6. The van der Waals surface area contributed by atoms with Crippen LogP contribution in [0.1, 0.15) is 46.9 Å². The molecule has 2 aliphatic heterocycles. The van der Waals surface area contributed by atoms with Crippen LogP contribution < -0.4 is 5.32 Å². The summed E-state index contributed by atoms with van der Waals surface area (Å²) < 4.78 is 5.49. The van der Waals surface area contributed by atoms with Gasteiger partial charge in [-0.2, -0.15) is 4.98 Å². The molecule has 10 nitrogen and oxygen atoms in total. The van der Waals surface area contributed by atoms with Crippen LogP contribution in [-0.2, 0) is 9.53 Å². The number of carboxylic acid groups (broad SMARTS) is 1. The number of aromatic nitrogens is 3. The van der Waals surface area contributed by atoms with E-state index >= 15 is 0 Å². The average molecular weight is 473 g/mol. The molecule has 6 rings (SSSR count). The lowest BCUT2D eigenvalue weighted by molar-refractivity contribution is -0.142. The average Bonchev–Trinajstić information content (AvgIpc) is 3.64. The van der Waals surface area contributed by atoms with Crippen LogP contribution >= 0.6 is 0 Å². The number of carbonyl (C=O) groups is 3. The number of hydrogen-bond donors (Lipinski definition) is 3. The molecule has 3 aliphatic rings. The first-order valence-electron chi connectivity index (χ1n) is 11.6. The van der Waals surface area contributed by atoms with Crippen molar-refractivity contribution in [3.63, 3.8) is 0 Å². The molecule has 178 valence electrons. The minimum absolute atomic E-state index is 0.0399. The Hall–Kier alpha value is -4.21. The number of H-pyrrole nitrogens is 1. The summed E-state index contributed by atoms with van der Waals surface area (Å²) in [5.74, 6) is -2.04. The van der Waals surface area contributed by atoms with E-state index in [2.05, 4.69) is 32.6 Å². The molecule has 1 aromatic heterocycles. The molecule has 3 aromatic rings. The molecule has 2 amide bonds. The Balaban J connectivity index is 1.10. The topological polar surface area (TPSA) is 138 Å². The summed E-state index contributed by atoms with van der Waals surface area (Å²) in [7, 11) is 0. The number of carboxylic acids is 1. The Morgan fingerprint density at radius 2 is 1.74 bits per heavy atom. The second kappa shape index (κ2) is 8.23. The number of nitrogens with one attached hydrogen (secondary N) is 2.